The van der Waals surface area contributed by atoms with Gasteiger partial charge in [-0.25, -0.2) is 0 Å². The molecule has 0 spiro atoms. The van der Waals surface area contributed by atoms with Gasteiger partial charge < -0.3 is 14.9 Å². The van der Waals surface area contributed by atoms with E-state index in [1.807, 2.05) is 19.1 Å². The molecule has 0 saturated carbocycles. The van der Waals surface area contributed by atoms with E-state index in [-0.39, 0.29) is 24.8 Å². The van der Waals surface area contributed by atoms with Crippen LogP contribution in [0.5, 0.6) is 0 Å². The number of ether oxygens (including phenoxy) is 1. The first-order chi connectivity index (χ1) is 7.17. The van der Waals surface area contributed by atoms with Crippen molar-refractivity contribution in [2.75, 3.05) is 6.61 Å². The second-order valence-electron chi connectivity index (χ2n) is 3.27. The van der Waals surface area contributed by atoms with Gasteiger partial charge in [0.05, 0.1) is 19.1 Å². The van der Waals surface area contributed by atoms with Gasteiger partial charge in [-0.3, -0.25) is 4.79 Å². The first kappa shape index (κ1) is 15.0. The quantitative estimate of drug-likeness (QED) is 0.811. The number of rotatable bonds is 5. The van der Waals surface area contributed by atoms with Crippen LogP contribution in [-0.2, 0) is 16.0 Å². The second kappa shape index (κ2) is 7.30. The predicted octanol–water partition coefficient (Wildman–Crippen LogP) is 2.22. The third-order valence-corrected chi connectivity index (χ3v) is 2.09. The molecule has 0 radical (unpaired) electrons. The molecular weight excluding hydrogens is 230 g/mol. The van der Waals surface area contributed by atoms with Gasteiger partial charge >= 0.3 is 5.97 Å². The number of carbonyl (C=O) groups is 1. The Morgan fingerprint density at radius 3 is 2.69 bits per heavy atom. The van der Waals surface area contributed by atoms with Crippen molar-refractivity contribution in [3.8, 4) is 0 Å². The lowest BCUT2D eigenvalue weighted by Crippen LogP contribution is -2.16. The zero-order chi connectivity index (χ0) is 11.3. The number of esters is 1. The maximum atomic E-state index is 11.2. The van der Waals surface area contributed by atoms with Crippen molar-refractivity contribution < 1.29 is 13.9 Å². The molecule has 0 aliphatic rings. The van der Waals surface area contributed by atoms with E-state index < -0.39 is 6.04 Å². The van der Waals surface area contributed by atoms with E-state index in [0.29, 0.717) is 12.4 Å². The van der Waals surface area contributed by atoms with Crippen LogP contribution in [0.3, 0.4) is 0 Å². The molecule has 0 aliphatic heterocycles. The summed E-state index contributed by atoms with van der Waals surface area (Å²) in [6.45, 7) is 4.15. The highest BCUT2D eigenvalue weighted by Crippen LogP contribution is 2.18. The molecule has 5 heteroatoms. The molecule has 0 saturated heterocycles. The first-order valence-corrected chi connectivity index (χ1v) is 5.17. The summed E-state index contributed by atoms with van der Waals surface area (Å²) >= 11 is 0. The molecule has 1 aromatic rings. The van der Waals surface area contributed by atoms with Crippen LogP contribution in [0.1, 0.15) is 37.8 Å². The largest absolute Gasteiger partial charge is 0.466 e. The van der Waals surface area contributed by atoms with Gasteiger partial charge in [-0.1, -0.05) is 6.92 Å². The third-order valence-electron chi connectivity index (χ3n) is 2.09. The molecule has 0 amide bonds. The van der Waals surface area contributed by atoms with Gasteiger partial charge in [0.1, 0.15) is 11.5 Å². The molecule has 1 aromatic heterocycles. The molecule has 1 rings (SSSR count). The van der Waals surface area contributed by atoms with E-state index in [1.54, 1.807) is 6.92 Å². The Hall–Kier alpha value is -1.00. The highest BCUT2D eigenvalue weighted by Gasteiger charge is 2.15. The number of halogens is 1. The zero-order valence-corrected chi connectivity index (χ0v) is 10.4. The molecule has 2 N–H and O–H groups in total. The Morgan fingerprint density at radius 1 is 1.50 bits per heavy atom. The Morgan fingerprint density at radius 2 is 2.19 bits per heavy atom. The maximum Gasteiger partial charge on any atom is 0.307 e. The fourth-order valence-corrected chi connectivity index (χ4v) is 1.28. The lowest BCUT2D eigenvalue weighted by atomic mass is 10.2. The molecule has 0 unspecified atom stereocenters. The van der Waals surface area contributed by atoms with Gasteiger partial charge in [-0.05, 0) is 19.1 Å². The van der Waals surface area contributed by atoms with Crippen molar-refractivity contribution in [2.24, 2.45) is 5.73 Å². The zero-order valence-electron chi connectivity index (χ0n) is 9.56. The number of aryl methyl sites for hydroxylation is 1. The standard InChI is InChI=1S/C11H17NO3.ClH/c1-3-8-5-6-10(15-8)9(12)7-11(13)14-4-2;/h5-6,9H,3-4,7,12H2,1-2H3;1H/t9-;/m0./s1. The molecule has 0 fully saturated rings. The fraction of sp³-hybridized carbons (Fsp3) is 0.545. The van der Waals surface area contributed by atoms with Crippen molar-refractivity contribution in [1.82, 2.24) is 0 Å². The van der Waals surface area contributed by atoms with E-state index in [1.165, 1.54) is 0 Å². The highest BCUT2D eigenvalue weighted by molar-refractivity contribution is 5.85. The molecule has 16 heavy (non-hydrogen) atoms. The van der Waals surface area contributed by atoms with Crippen LogP contribution < -0.4 is 5.73 Å². The molecule has 1 heterocycles. The van der Waals surface area contributed by atoms with E-state index >= 15 is 0 Å². The van der Waals surface area contributed by atoms with Crippen LogP contribution in [-0.4, -0.2) is 12.6 Å². The van der Waals surface area contributed by atoms with Gasteiger partial charge in [0, 0.05) is 6.42 Å². The lowest BCUT2D eigenvalue weighted by Gasteiger charge is -2.07. The van der Waals surface area contributed by atoms with Crippen LogP contribution >= 0.6 is 12.4 Å². The average Bonchev–Trinajstić information content (AvgIpc) is 2.66. The Labute approximate surface area is 102 Å². The number of furan rings is 1. The lowest BCUT2D eigenvalue weighted by molar-refractivity contribution is -0.143. The van der Waals surface area contributed by atoms with Crippen LogP contribution in [0.2, 0.25) is 0 Å². The van der Waals surface area contributed by atoms with Gasteiger partial charge in [0.15, 0.2) is 0 Å². The average molecular weight is 248 g/mol. The van der Waals surface area contributed by atoms with Gasteiger partial charge in [0.25, 0.3) is 0 Å². The summed E-state index contributed by atoms with van der Waals surface area (Å²) in [5.41, 5.74) is 5.80. The van der Waals surface area contributed by atoms with E-state index in [4.69, 9.17) is 14.9 Å². The molecule has 1 atom stereocenters. The minimum absolute atomic E-state index is 0. The Bertz CT molecular complexity index is 325. The molecule has 0 aliphatic carbocycles. The second-order valence-corrected chi connectivity index (χ2v) is 3.27. The molecule has 0 aromatic carbocycles. The summed E-state index contributed by atoms with van der Waals surface area (Å²) in [6, 6.07) is 3.27. The van der Waals surface area contributed by atoms with Gasteiger partial charge in [-0.15, -0.1) is 12.4 Å². The minimum Gasteiger partial charge on any atom is -0.466 e. The minimum atomic E-state index is -0.413. The number of carbonyl (C=O) groups excluding carboxylic acids is 1. The summed E-state index contributed by atoms with van der Waals surface area (Å²) < 4.78 is 10.2. The van der Waals surface area contributed by atoms with E-state index in [9.17, 15) is 4.79 Å². The van der Waals surface area contributed by atoms with E-state index in [0.717, 1.165) is 12.2 Å². The van der Waals surface area contributed by atoms with Gasteiger partial charge in [-0.2, -0.15) is 0 Å². The topological polar surface area (TPSA) is 65.5 Å². The summed E-state index contributed by atoms with van der Waals surface area (Å²) in [5, 5.41) is 0. The van der Waals surface area contributed by atoms with Crippen molar-refractivity contribution in [2.45, 2.75) is 32.7 Å². The van der Waals surface area contributed by atoms with Crippen molar-refractivity contribution in [3.63, 3.8) is 0 Å². The Kier molecular flexibility index (Phi) is 6.85. The molecule has 92 valence electrons. The molecular formula is C11H18ClNO3. The van der Waals surface area contributed by atoms with Crippen LogP contribution in [0.15, 0.2) is 16.5 Å². The summed E-state index contributed by atoms with van der Waals surface area (Å²) in [7, 11) is 0. The highest BCUT2D eigenvalue weighted by atomic mass is 35.5. The van der Waals surface area contributed by atoms with E-state index in [2.05, 4.69) is 0 Å². The summed E-state index contributed by atoms with van der Waals surface area (Å²) in [6.07, 6.45) is 0.983. The Balaban J connectivity index is 0.00000225. The monoisotopic (exact) mass is 247 g/mol. The summed E-state index contributed by atoms with van der Waals surface area (Å²) in [4.78, 5) is 11.2. The number of nitrogens with two attached hydrogens (primary N) is 1. The molecule has 4 nitrogen and oxygen atoms in total. The predicted molar refractivity (Wildman–Crippen MR) is 63.5 cm³/mol. The third kappa shape index (κ3) is 4.24. The smallest absolute Gasteiger partial charge is 0.307 e. The summed E-state index contributed by atoms with van der Waals surface area (Å²) in [5.74, 6) is 1.23. The van der Waals surface area contributed by atoms with Gasteiger partial charge in [0.2, 0.25) is 0 Å². The number of hydrogen-bond acceptors (Lipinski definition) is 4. The fourth-order valence-electron chi connectivity index (χ4n) is 1.28. The van der Waals surface area contributed by atoms with Crippen LogP contribution in [0.4, 0.5) is 0 Å². The maximum absolute atomic E-state index is 11.2. The van der Waals surface area contributed by atoms with Crippen LogP contribution in [0, 0.1) is 0 Å². The van der Waals surface area contributed by atoms with Crippen LogP contribution in [0.25, 0.3) is 0 Å². The SMILES string of the molecule is CCOC(=O)C[C@H](N)c1ccc(CC)o1.Cl. The van der Waals surface area contributed by atoms with Crippen molar-refractivity contribution in [3.05, 3.63) is 23.7 Å². The van der Waals surface area contributed by atoms with Crippen molar-refractivity contribution >= 4 is 18.4 Å². The van der Waals surface area contributed by atoms with Crippen molar-refractivity contribution in [1.29, 1.82) is 0 Å². The normalized spacial score (nSPS) is 11.7. The number of hydrogen-bond donors (Lipinski definition) is 1. The molecule has 0 bridgehead atoms. The first-order valence-electron chi connectivity index (χ1n) is 5.17.